The zero-order valence-electron chi connectivity index (χ0n) is 12.9. The highest BCUT2D eigenvalue weighted by Crippen LogP contribution is 2.31. The average Bonchev–Trinajstić information content (AvgIpc) is 2.74. The number of hydrogen-bond acceptors (Lipinski definition) is 3. The Bertz CT molecular complexity index is 679. The minimum absolute atomic E-state index is 0.146. The van der Waals surface area contributed by atoms with E-state index in [1.54, 1.807) is 31.2 Å². The summed E-state index contributed by atoms with van der Waals surface area (Å²) in [5.74, 6) is -0.203. The van der Waals surface area contributed by atoms with Crippen LogP contribution in [0, 0.1) is 0 Å². The van der Waals surface area contributed by atoms with Crippen LogP contribution in [-0.2, 0) is 4.79 Å². The molecule has 7 heteroatoms. The summed E-state index contributed by atoms with van der Waals surface area (Å²) in [7, 11) is 0. The van der Waals surface area contributed by atoms with E-state index in [9.17, 15) is 13.6 Å². The number of benzene rings is 1. The van der Waals surface area contributed by atoms with Gasteiger partial charge in [0.2, 0.25) is 5.91 Å². The molecule has 2 aromatic rings. The lowest BCUT2D eigenvalue weighted by molar-refractivity contribution is -0.121. The van der Waals surface area contributed by atoms with Gasteiger partial charge in [0.1, 0.15) is 0 Å². The number of halogens is 2. The molecule has 1 amide bonds. The molecule has 1 N–H and O–H groups in total. The average molecular weight is 327 g/mol. The van der Waals surface area contributed by atoms with Crippen molar-refractivity contribution in [2.75, 3.05) is 0 Å². The molecule has 0 aliphatic carbocycles. The number of alkyl halides is 2. The van der Waals surface area contributed by atoms with Crippen molar-refractivity contribution in [1.82, 2.24) is 14.9 Å². The first-order valence-electron chi connectivity index (χ1n) is 6.93. The first-order chi connectivity index (χ1) is 10.2. The summed E-state index contributed by atoms with van der Waals surface area (Å²) in [5.41, 5.74) is 0.492. The second kappa shape index (κ2) is 6.24. The Labute approximate surface area is 132 Å². The van der Waals surface area contributed by atoms with Gasteiger partial charge in [-0.05, 0) is 39.8 Å². The fourth-order valence-corrected chi connectivity index (χ4v) is 2.90. The number of carbonyl (C=O) groups excluding carboxylic acids is 1. The monoisotopic (exact) mass is 327 g/mol. The maximum absolute atomic E-state index is 13.3. The van der Waals surface area contributed by atoms with Gasteiger partial charge in [0.05, 0.1) is 16.3 Å². The number of imidazole rings is 1. The molecule has 2 rings (SSSR count). The Kier molecular flexibility index (Phi) is 4.75. The second-order valence-corrected chi connectivity index (χ2v) is 7.34. The van der Waals surface area contributed by atoms with Crippen molar-refractivity contribution in [1.29, 1.82) is 0 Å². The van der Waals surface area contributed by atoms with Crippen molar-refractivity contribution in [2.45, 2.75) is 50.2 Å². The minimum Gasteiger partial charge on any atom is -0.351 e. The van der Waals surface area contributed by atoms with E-state index in [1.807, 2.05) is 20.8 Å². The Balaban J connectivity index is 2.27. The van der Waals surface area contributed by atoms with Crippen LogP contribution < -0.4 is 5.32 Å². The van der Waals surface area contributed by atoms with Gasteiger partial charge in [-0.3, -0.25) is 9.36 Å². The topological polar surface area (TPSA) is 46.9 Å². The van der Waals surface area contributed by atoms with Crippen molar-refractivity contribution in [3.05, 3.63) is 24.3 Å². The van der Waals surface area contributed by atoms with Crippen LogP contribution in [0.1, 0.15) is 34.2 Å². The van der Waals surface area contributed by atoms with Crippen molar-refractivity contribution in [3.8, 4) is 0 Å². The van der Waals surface area contributed by atoms with Gasteiger partial charge in [0, 0.05) is 5.54 Å². The largest absolute Gasteiger partial charge is 0.351 e. The Hall–Kier alpha value is -1.63. The van der Waals surface area contributed by atoms with E-state index in [1.165, 1.54) is 0 Å². The smallest absolute Gasteiger partial charge is 0.321 e. The number of carbonyl (C=O) groups is 1. The molecule has 1 aromatic carbocycles. The quantitative estimate of drug-likeness (QED) is 0.868. The molecule has 4 nitrogen and oxygen atoms in total. The summed E-state index contributed by atoms with van der Waals surface area (Å²) < 4.78 is 27.5. The number of nitrogens with one attached hydrogen (secondary N) is 1. The molecule has 22 heavy (non-hydrogen) atoms. The lowest BCUT2D eigenvalue weighted by atomic mass is 10.1. The lowest BCUT2D eigenvalue weighted by Gasteiger charge is -2.23. The molecule has 0 fully saturated rings. The molecule has 1 heterocycles. The van der Waals surface area contributed by atoms with Crippen LogP contribution in [0.3, 0.4) is 0 Å². The highest BCUT2D eigenvalue weighted by molar-refractivity contribution is 8.00. The summed E-state index contributed by atoms with van der Waals surface area (Å²) in [6.45, 7) is 4.60. The second-order valence-electron chi connectivity index (χ2n) is 6.03. The Morgan fingerprint density at radius 1 is 1.32 bits per heavy atom. The molecule has 0 aliphatic rings. The maximum Gasteiger partial charge on any atom is 0.321 e. The molecule has 1 atom stereocenters. The molecule has 120 valence electrons. The van der Waals surface area contributed by atoms with Gasteiger partial charge in [-0.1, -0.05) is 23.9 Å². The van der Waals surface area contributed by atoms with Gasteiger partial charge in [0.15, 0.2) is 5.16 Å². The van der Waals surface area contributed by atoms with Gasteiger partial charge in [-0.2, -0.15) is 8.78 Å². The highest BCUT2D eigenvalue weighted by atomic mass is 32.2. The molecular weight excluding hydrogens is 308 g/mol. The van der Waals surface area contributed by atoms with Gasteiger partial charge < -0.3 is 5.32 Å². The van der Waals surface area contributed by atoms with Crippen LogP contribution in [0.25, 0.3) is 11.0 Å². The molecule has 0 spiro atoms. The number of fused-ring (bicyclic) bond motifs is 1. The molecule has 0 aliphatic heterocycles. The van der Waals surface area contributed by atoms with Crippen molar-refractivity contribution in [3.63, 3.8) is 0 Å². The zero-order valence-corrected chi connectivity index (χ0v) is 13.7. The predicted molar refractivity (Wildman–Crippen MR) is 84.2 cm³/mol. The number of hydrogen-bond donors (Lipinski definition) is 1. The van der Waals surface area contributed by atoms with Crippen molar-refractivity contribution >= 4 is 28.7 Å². The summed E-state index contributed by atoms with van der Waals surface area (Å²) in [5, 5.41) is 2.46. The fourth-order valence-electron chi connectivity index (χ4n) is 1.98. The third-order valence-corrected chi connectivity index (χ3v) is 3.97. The summed E-state index contributed by atoms with van der Waals surface area (Å²) in [6, 6.07) is 6.71. The normalized spacial score (nSPS) is 13.6. The number of amides is 1. The van der Waals surface area contributed by atoms with E-state index in [-0.39, 0.29) is 16.6 Å². The standard InChI is InChI=1S/C15H19F2N3OS/c1-9(12(21)19-15(2,3)4)22-14-18-10-7-5-6-8-11(10)20(14)13(16)17/h5-9,13H,1-4H3,(H,19,21). The van der Waals surface area contributed by atoms with E-state index >= 15 is 0 Å². The molecule has 0 radical (unpaired) electrons. The lowest BCUT2D eigenvalue weighted by Crippen LogP contribution is -2.44. The van der Waals surface area contributed by atoms with E-state index in [2.05, 4.69) is 10.3 Å². The molecule has 1 unspecified atom stereocenters. The van der Waals surface area contributed by atoms with Crippen LogP contribution in [0.15, 0.2) is 29.4 Å². The zero-order chi connectivity index (χ0) is 16.5. The SMILES string of the molecule is CC(Sc1nc2ccccc2n1C(F)F)C(=O)NC(C)(C)C. The molecule has 0 saturated heterocycles. The van der Waals surface area contributed by atoms with Crippen molar-refractivity contribution in [2.24, 2.45) is 0 Å². The van der Waals surface area contributed by atoms with Crippen LogP contribution in [0.5, 0.6) is 0 Å². The van der Waals surface area contributed by atoms with Crippen LogP contribution in [0.4, 0.5) is 8.78 Å². The fraction of sp³-hybridized carbons (Fsp3) is 0.467. The molecule has 0 saturated carbocycles. The summed E-state index contributed by atoms with van der Waals surface area (Å²) >= 11 is 1.03. The maximum atomic E-state index is 13.3. The summed E-state index contributed by atoms with van der Waals surface area (Å²) in [6.07, 6.45) is 0. The van der Waals surface area contributed by atoms with Gasteiger partial charge >= 0.3 is 6.55 Å². The first-order valence-corrected chi connectivity index (χ1v) is 7.81. The number of nitrogens with zero attached hydrogens (tertiary/aromatic N) is 2. The van der Waals surface area contributed by atoms with Crippen LogP contribution >= 0.6 is 11.8 Å². The van der Waals surface area contributed by atoms with Gasteiger partial charge in [-0.15, -0.1) is 0 Å². The highest BCUT2D eigenvalue weighted by Gasteiger charge is 2.24. The minimum atomic E-state index is -2.70. The van der Waals surface area contributed by atoms with Gasteiger partial charge in [0.25, 0.3) is 0 Å². The first kappa shape index (κ1) is 16.7. The number of rotatable bonds is 4. The van der Waals surface area contributed by atoms with Crippen LogP contribution in [-0.4, -0.2) is 26.2 Å². The number of para-hydroxylation sites is 2. The predicted octanol–water partition coefficient (Wildman–Crippen LogP) is 3.83. The third-order valence-electron chi connectivity index (χ3n) is 2.91. The van der Waals surface area contributed by atoms with E-state index < -0.39 is 11.8 Å². The van der Waals surface area contributed by atoms with E-state index in [0.717, 1.165) is 16.3 Å². The third kappa shape index (κ3) is 3.76. The van der Waals surface area contributed by atoms with Crippen molar-refractivity contribution < 1.29 is 13.6 Å². The van der Waals surface area contributed by atoms with E-state index in [4.69, 9.17) is 0 Å². The Morgan fingerprint density at radius 3 is 2.55 bits per heavy atom. The van der Waals surface area contributed by atoms with Crippen LogP contribution in [0.2, 0.25) is 0 Å². The van der Waals surface area contributed by atoms with Gasteiger partial charge in [-0.25, -0.2) is 4.98 Å². The Morgan fingerprint density at radius 2 is 1.95 bits per heavy atom. The molecule has 1 aromatic heterocycles. The molecule has 0 bridgehead atoms. The number of thioether (sulfide) groups is 1. The number of aromatic nitrogens is 2. The summed E-state index contributed by atoms with van der Waals surface area (Å²) in [4.78, 5) is 16.3. The van der Waals surface area contributed by atoms with E-state index in [0.29, 0.717) is 11.0 Å². The molecular formula is C15H19F2N3OS.